The highest BCUT2D eigenvalue weighted by molar-refractivity contribution is 14.0. The maximum atomic E-state index is 11.9. The van der Waals surface area contributed by atoms with E-state index >= 15 is 0 Å². The van der Waals surface area contributed by atoms with Crippen LogP contribution in [0.15, 0.2) is 29.3 Å². The second-order valence-corrected chi connectivity index (χ2v) is 6.35. The maximum absolute atomic E-state index is 11.9. The van der Waals surface area contributed by atoms with Crippen LogP contribution >= 0.6 is 24.0 Å². The van der Waals surface area contributed by atoms with E-state index in [1.807, 2.05) is 6.92 Å². The number of likely N-dealkylation sites (N-methyl/N-ethyl adjacent to an activating group) is 1. The summed E-state index contributed by atoms with van der Waals surface area (Å²) < 4.78 is 5.38. The first-order valence-corrected chi connectivity index (χ1v) is 8.99. The molecule has 0 bridgehead atoms. The van der Waals surface area contributed by atoms with Gasteiger partial charge in [-0.1, -0.05) is 24.3 Å². The number of carbonyl (C=O) groups is 1. The molecule has 2 rings (SSSR count). The first-order valence-electron chi connectivity index (χ1n) is 8.99. The van der Waals surface area contributed by atoms with E-state index in [2.05, 4.69) is 39.5 Å². The van der Waals surface area contributed by atoms with E-state index in [1.54, 1.807) is 19.0 Å². The van der Waals surface area contributed by atoms with Crippen LogP contribution in [0.25, 0.3) is 0 Å². The smallest absolute Gasteiger partial charge is 0.243 e. The van der Waals surface area contributed by atoms with E-state index in [1.165, 1.54) is 11.1 Å². The minimum Gasteiger partial charge on any atom is -0.382 e. The van der Waals surface area contributed by atoms with Crippen LogP contribution in [0.2, 0.25) is 0 Å². The van der Waals surface area contributed by atoms with Crippen molar-refractivity contribution in [2.45, 2.75) is 26.3 Å². The molecule has 6 nitrogen and oxygen atoms in total. The van der Waals surface area contributed by atoms with Gasteiger partial charge in [-0.25, -0.2) is 4.99 Å². The number of fused-ring (bicyclic) bond motifs is 1. The van der Waals surface area contributed by atoms with Crippen LogP contribution in [0.4, 0.5) is 0 Å². The second kappa shape index (κ2) is 12.1. The van der Waals surface area contributed by atoms with Crippen molar-refractivity contribution in [1.29, 1.82) is 0 Å². The average molecular weight is 474 g/mol. The molecular weight excluding hydrogens is 443 g/mol. The number of guanidine groups is 1. The Bertz CT molecular complexity index is 593. The van der Waals surface area contributed by atoms with Gasteiger partial charge in [0.25, 0.3) is 0 Å². The van der Waals surface area contributed by atoms with Crippen molar-refractivity contribution in [2.24, 2.45) is 4.99 Å². The number of nitrogens with zero attached hydrogens (tertiary/aromatic N) is 3. The third kappa shape index (κ3) is 7.11. The lowest BCUT2D eigenvalue weighted by atomic mass is 10.0. The highest BCUT2D eigenvalue weighted by atomic mass is 127. The molecule has 7 heteroatoms. The van der Waals surface area contributed by atoms with E-state index < -0.39 is 0 Å². The van der Waals surface area contributed by atoms with E-state index in [4.69, 9.17) is 4.74 Å². The van der Waals surface area contributed by atoms with Gasteiger partial charge < -0.3 is 19.9 Å². The Hall–Kier alpha value is -1.35. The van der Waals surface area contributed by atoms with E-state index in [0.29, 0.717) is 0 Å². The van der Waals surface area contributed by atoms with Crippen LogP contribution in [0.3, 0.4) is 0 Å². The number of nitrogens with one attached hydrogen (secondary N) is 1. The van der Waals surface area contributed by atoms with Gasteiger partial charge in [0.1, 0.15) is 6.54 Å². The van der Waals surface area contributed by atoms with Crippen LogP contribution in [-0.2, 0) is 22.5 Å². The lowest BCUT2D eigenvalue weighted by Gasteiger charge is -2.32. The molecule has 0 fully saturated rings. The molecule has 0 atom stereocenters. The zero-order valence-electron chi connectivity index (χ0n) is 16.0. The van der Waals surface area contributed by atoms with Gasteiger partial charge in [0.05, 0.1) is 0 Å². The molecule has 1 heterocycles. The van der Waals surface area contributed by atoms with Gasteiger partial charge in [0, 0.05) is 46.9 Å². The summed E-state index contributed by atoms with van der Waals surface area (Å²) in [6.45, 7) is 6.15. The van der Waals surface area contributed by atoms with Crippen molar-refractivity contribution in [3.63, 3.8) is 0 Å². The molecule has 146 valence electrons. The summed E-state index contributed by atoms with van der Waals surface area (Å²) in [6, 6.07) is 8.52. The lowest BCUT2D eigenvalue weighted by molar-refractivity contribution is -0.127. The van der Waals surface area contributed by atoms with E-state index in [0.717, 1.165) is 51.6 Å². The molecule has 1 aromatic rings. The quantitative estimate of drug-likeness (QED) is 0.285. The summed E-state index contributed by atoms with van der Waals surface area (Å²) in [5, 5.41) is 3.40. The maximum Gasteiger partial charge on any atom is 0.243 e. The van der Waals surface area contributed by atoms with Crippen molar-refractivity contribution in [3.05, 3.63) is 35.4 Å². The molecule has 0 unspecified atom stereocenters. The second-order valence-electron chi connectivity index (χ2n) is 6.35. The Morgan fingerprint density at radius 3 is 2.73 bits per heavy atom. The minimum absolute atomic E-state index is 0. The Kier molecular flexibility index (Phi) is 10.6. The summed E-state index contributed by atoms with van der Waals surface area (Å²) in [5.74, 6) is 0.812. The Morgan fingerprint density at radius 1 is 1.31 bits per heavy atom. The number of hydrogen-bond acceptors (Lipinski definition) is 3. The molecule has 1 N–H and O–H groups in total. The highest BCUT2D eigenvalue weighted by Gasteiger charge is 2.19. The summed E-state index contributed by atoms with van der Waals surface area (Å²) >= 11 is 0. The molecule has 0 saturated heterocycles. The first-order chi connectivity index (χ1) is 12.1. The molecule has 0 aliphatic carbocycles. The molecule has 1 aromatic carbocycles. The normalized spacial score (nSPS) is 13.7. The number of carbonyl (C=O) groups excluding carboxylic acids is 1. The lowest BCUT2D eigenvalue weighted by Crippen LogP contribution is -2.45. The van der Waals surface area contributed by atoms with Crippen LogP contribution < -0.4 is 5.32 Å². The average Bonchev–Trinajstić information content (AvgIpc) is 2.63. The van der Waals surface area contributed by atoms with E-state index in [9.17, 15) is 4.79 Å². The Morgan fingerprint density at radius 2 is 2.04 bits per heavy atom. The minimum atomic E-state index is 0. The van der Waals surface area contributed by atoms with Gasteiger partial charge in [-0.15, -0.1) is 24.0 Å². The van der Waals surface area contributed by atoms with Gasteiger partial charge in [0.15, 0.2) is 5.96 Å². The summed E-state index contributed by atoms with van der Waals surface area (Å²) in [6.07, 6.45) is 1.91. The Balaban J connectivity index is 0.00000338. The van der Waals surface area contributed by atoms with Crippen LogP contribution in [0.1, 0.15) is 24.5 Å². The molecule has 1 aliphatic rings. The van der Waals surface area contributed by atoms with Gasteiger partial charge >= 0.3 is 0 Å². The number of halogens is 1. The first kappa shape index (κ1) is 22.7. The molecule has 0 radical (unpaired) electrons. The third-order valence-corrected chi connectivity index (χ3v) is 4.25. The number of rotatable bonds is 7. The fraction of sp³-hybridized carbons (Fsp3) is 0.579. The van der Waals surface area contributed by atoms with Gasteiger partial charge in [-0.2, -0.15) is 0 Å². The summed E-state index contributed by atoms with van der Waals surface area (Å²) in [7, 11) is 3.51. The molecular formula is C19H31IN4O2. The molecule has 1 aliphatic heterocycles. The van der Waals surface area contributed by atoms with Crippen molar-refractivity contribution in [3.8, 4) is 0 Å². The third-order valence-electron chi connectivity index (χ3n) is 4.25. The fourth-order valence-corrected chi connectivity index (χ4v) is 2.75. The fourth-order valence-electron chi connectivity index (χ4n) is 2.75. The molecule has 0 spiro atoms. The van der Waals surface area contributed by atoms with Gasteiger partial charge in [0.2, 0.25) is 5.91 Å². The largest absolute Gasteiger partial charge is 0.382 e. The SMILES string of the molecule is CCOCCCNC(=NCC(=O)N(C)C)N1CCc2ccccc2C1.I. The van der Waals surface area contributed by atoms with Gasteiger partial charge in [-0.05, 0) is 30.9 Å². The molecule has 26 heavy (non-hydrogen) atoms. The van der Waals surface area contributed by atoms with Crippen molar-refractivity contribution in [1.82, 2.24) is 15.1 Å². The number of aliphatic imine (C=N–C) groups is 1. The number of ether oxygens (including phenoxy) is 1. The highest BCUT2D eigenvalue weighted by Crippen LogP contribution is 2.18. The zero-order chi connectivity index (χ0) is 18.1. The van der Waals surface area contributed by atoms with Gasteiger partial charge in [-0.3, -0.25) is 4.79 Å². The molecule has 1 amide bonds. The van der Waals surface area contributed by atoms with Crippen LogP contribution in [0, 0.1) is 0 Å². The predicted molar refractivity (Wildman–Crippen MR) is 116 cm³/mol. The standard InChI is InChI=1S/C19H30N4O2.HI/c1-4-25-13-7-11-20-19(21-14-18(24)22(2)3)23-12-10-16-8-5-6-9-17(16)15-23;/h5-6,8-9H,4,7,10-15H2,1-3H3,(H,20,21);1H. The summed E-state index contributed by atoms with van der Waals surface area (Å²) in [4.78, 5) is 20.3. The predicted octanol–water partition coefficient (Wildman–Crippen LogP) is 2.12. The zero-order valence-corrected chi connectivity index (χ0v) is 18.4. The number of hydrogen-bond donors (Lipinski definition) is 1. The molecule has 0 saturated carbocycles. The van der Waals surface area contributed by atoms with Crippen LogP contribution in [-0.4, -0.2) is 68.6 Å². The van der Waals surface area contributed by atoms with Crippen molar-refractivity contribution >= 4 is 35.8 Å². The topological polar surface area (TPSA) is 57.2 Å². The summed E-state index contributed by atoms with van der Waals surface area (Å²) in [5.41, 5.74) is 2.73. The molecule has 0 aromatic heterocycles. The van der Waals surface area contributed by atoms with E-state index in [-0.39, 0.29) is 36.4 Å². The van der Waals surface area contributed by atoms with Crippen LogP contribution in [0.5, 0.6) is 0 Å². The Labute approximate surface area is 174 Å². The monoisotopic (exact) mass is 474 g/mol. The van der Waals surface area contributed by atoms with Crippen molar-refractivity contribution in [2.75, 3.05) is 46.9 Å². The van der Waals surface area contributed by atoms with Crippen molar-refractivity contribution < 1.29 is 9.53 Å². The number of amides is 1. The number of benzene rings is 1.